The Labute approximate surface area is 96.6 Å². The lowest BCUT2D eigenvalue weighted by Crippen LogP contribution is -2.10. The monoisotopic (exact) mass is 229 g/mol. The van der Waals surface area contributed by atoms with Crippen molar-refractivity contribution in [2.24, 2.45) is 0 Å². The van der Waals surface area contributed by atoms with E-state index in [4.69, 9.17) is 4.74 Å². The van der Waals surface area contributed by atoms with Crippen molar-refractivity contribution in [2.45, 2.75) is 6.92 Å². The van der Waals surface area contributed by atoms with E-state index in [0.29, 0.717) is 22.3 Å². The molecular formula is C12H11N3O2. The maximum absolute atomic E-state index is 11.9. The minimum atomic E-state index is -0.133. The number of nitrogens with one attached hydrogen (secondary N) is 1. The van der Waals surface area contributed by atoms with Crippen LogP contribution in [0.2, 0.25) is 0 Å². The second-order valence-corrected chi connectivity index (χ2v) is 3.89. The van der Waals surface area contributed by atoms with E-state index in [1.54, 1.807) is 23.8 Å². The Balaban J connectivity index is 2.65. The quantitative estimate of drug-likeness (QED) is 0.687. The molecule has 0 aliphatic rings. The summed E-state index contributed by atoms with van der Waals surface area (Å²) in [6, 6.07) is 7.19. The summed E-state index contributed by atoms with van der Waals surface area (Å²) in [5, 5.41) is 4.93. The van der Waals surface area contributed by atoms with E-state index in [0.717, 1.165) is 5.69 Å². The predicted molar refractivity (Wildman–Crippen MR) is 64.6 cm³/mol. The highest BCUT2D eigenvalue weighted by Gasteiger charge is 2.10. The summed E-state index contributed by atoms with van der Waals surface area (Å²) in [5.41, 5.74) is 2.08. The SMILES string of the molecule is COc1cccc2c(=O)[nH]c3cc(C)nn3c12. The Hall–Kier alpha value is -2.30. The number of hydrogen-bond acceptors (Lipinski definition) is 3. The fourth-order valence-corrected chi connectivity index (χ4v) is 2.03. The smallest absolute Gasteiger partial charge is 0.259 e. The number of aryl methyl sites for hydroxylation is 1. The number of para-hydroxylation sites is 1. The van der Waals surface area contributed by atoms with Crippen molar-refractivity contribution in [1.82, 2.24) is 14.6 Å². The third-order valence-corrected chi connectivity index (χ3v) is 2.75. The zero-order valence-corrected chi connectivity index (χ0v) is 9.52. The highest BCUT2D eigenvalue weighted by Crippen LogP contribution is 2.23. The maximum atomic E-state index is 11.9. The number of aromatic amines is 1. The molecular weight excluding hydrogens is 218 g/mol. The van der Waals surface area contributed by atoms with Gasteiger partial charge in [0.05, 0.1) is 18.2 Å². The van der Waals surface area contributed by atoms with E-state index in [9.17, 15) is 4.79 Å². The fourth-order valence-electron chi connectivity index (χ4n) is 2.03. The van der Waals surface area contributed by atoms with Crippen molar-refractivity contribution >= 4 is 16.6 Å². The highest BCUT2D eigenvalue weighted by molar-refractivity contribution is 5.85. The summed E-state index contributed by atoms with van der Waals surface area (Å²) in [5.74, 6) is 0.640. The lowest BCUT2D eigenvalue weighted by atomic mass is 10.2. The molecule has 5 nitrogen and oxygen atoms in total. The second kappa shape index (κ2) is 3.35. The zero-order chi connectivity index (χ0) is 12.0. The molecule has 1 N–H and O–H groups in total. The number of fused-ring (bicyclic) bond motifs is 3. The molecule has 0 aliphatic heterocycles. The van der Waals surface area contributed by atoms with Crippen LogP contribution in [0, 0.1) is 6.92 Å². The fraction of sp³-hybridized carbons (Fsp3) is 0.167. The standard InChI is InChI=1S/C12H11N3O2/c1-7-6-10-13-12(16)8-4-3-5-9(17-2)11(8)15(10)14-7/h3-6H,1-2H3,(H,13,16). The Morgan fingerprint density at radius 2 is 2.24 bits per heavy atom. The third kappa shape index (κ3) is 1.32. The molecule has 0 saturated heterocycles. The molecule has 2 aromatic heterocycles. The van der Waals surface area contributed by atoms with E-state index in [2.05, 4.69) is 10.1 Å². The average Bonchev–Trinajstić information content (AvgIpc) is 2.69. The number of nitrogens with zero attached hydrogens (tertiary/aromatic N) is 2. The van der Waals surface area contributed by atoms with Crippen molar-refractivity contribution in [2.75, 3.05) is 7.11 Å². The van der Waals surface area contributed by atoms with E-state index in [1.165, 1.54) is 0 Å². The van der Waals surface area contributed by atoms with E-state index < -0.39 is 0 Å². The zero-order valence-electron chi connectivity index (χ0n) is 9.52. The van der Waals surface area contributed by atoms with E-state index in [-0.39, 0.29) is 5.56 Å². The van der Waals surface area contributed by atoms with Gasteiger partial charge in [-0.15, -0.1) is 0 Å². The van der Waals surface area contributed by atoms with Crippen LogP contribution in [0.15, 0.2) is 29.1 Å². The molecule has 0 aliphatic carbocycles. The van der Waals surface area contributed by atoms with Gasteiger partial charge >= 0.3 is 0 Å². The summed E-state index contributed by atoms with van der Waals surface area (Å²) in [6.07, 6.45) is 0. The predicted octanol–water partition coefficient (Wildman–Crippen LogP) is 1.49. The molecule has 0 fully saturated rings. The van der Waals surface area contributed by atoms with Crippen molar-refractivity contribution in [3.63, 3.8) is 0 Å². The number of hydrogen-bond donors (Lipinski definition) is 1. The van der Waals surface area contributed by atoms with Crippen molar-refractivity contribution in [3.05, 3.63) is 40.3 Å². The summed E-state index contributed by atoms with van der Waals surface area (Å²) in [7, 11) is 1.58. The number of ether oxygens (including phenoxy) is 1. The topological polar surface area (TPSA) is 59.4 Å². The minimum absolute atomic E-state index is 0.133. The summed E-state index contributed by atoms with van der Waals surface area (Å²) >= 11 is 0. The van der Waals surface area contributed by atoms with Gasteiger partial charge in [-0.05, 0) is 19.1 Å². The summed E-state index contributed by atoms with van der Waals surface area (Å²) < 4.78 is 6.99. The van der Waals surface area contributed by atoms with Crippen molar-refractivity contribution in [3.8, 4) is 5.75 Å². The Kier molecular flexibility index (Phi) is 1.95. The Bertz CT molecular complexity index is 770. The van der Waals surface area contributed by atoms with Gasteiger partial charge in [-0.3, -0.25) is 4.79 Å². The van der Waals surface area contributed by atoms with Crippen molar-refractivity contribution < 1.29 is 4.74 Å². The maximum Gasteiger partial charge on any atom is 0.259 e. The normalized spacial score (nSPS) is 11.2. The van der Waals surface area contributed by atoms with Crippen LogP contribution in [-0.2, 0) is 0 Å². The van der Waals surface area contributed by atoms with Gasteiger partial charge < -0.3 is 9.72 Å². The number of benzene rings is 1. The Morgan fingerprint density at radius 1 is 1.41 bits per heavy atom. The van der Waals surface area contributed by atoms with Crippen LogP contribution in [0.5, 0.6) is 5.75 Å². The van der Waals surface area contributed by atoms with Gasteiger partial charge in [0.2, 0.25) is 0 Å². The van der Waals surface area contributed by atoms with E-state index in [1.807, 2.05) is 19.1 Å². The number of rotatable bonds is 1. The molecule has 17 heavy (non-hydrogen) atoms. The Morgan fingerprint density at radius 3 is 3.00 bits per heavy atom. The van der Waals surface area contributed by atoms with Crippen LogP contribution < -0.4 is 10.3 Å². The molecule has 1 aromatic carbocycles. The van der Waals surface area contributed by atoms with Gasteiger partial charge in [-0.25, -0.2) is 4.52 Å². The molecule has 0 amide bonds. The molecule has 0 atom stereocenters. The van der Waals surface area contributed by atoms with E-state index >= 15 is 0 Å². The first-order chi connectivity index (χ1) is 8.20. The molecule has 0 radical (unpaired) electrons. The molecule has 5 heteroatoms. The van der Waals surface area contributed by atoms with Crippen LogP contribution in [0.1, 0.15) is 5.69 Å². The number of aromatic nitrogens is 3. The van der Waals surface area contributed by atoms with Gasteiger partial charge in [-0.1, -0.05) is 6.07 Å². The van der Waals surface area contributed by atoms with Gasteiger partial charge in [-0.2, -0.15) is 5.10 Å². The lowest BCUT2D eigenvalue weighted by molar-refractivity contribution is 0.418. The minimum Gasteiger partial charge on any atom is -0.494 e. The van der Waals surface area contributed by atoms with Gasteiger partial charge in [0.15, 0.2) is 0 Å². The molecule has 3 aromatic rings. The van der Waals surface area contributed by atoms with Crippen molar-refractivity contribution in [1.29, 1.82) is 0 Å². The molecule has 3 rings (SSSR count). The second-order valence-electron chi connectivity index (χ2n) is 3.89. The summed E-state index contributed by atoms with van der Waals surface area (Å²) in [6.45, 7) is 1.88. The molecule has 0 saturated carbocycles. The van der Waals surface area contributed by atoms with Crippen LogP contribution in [0.25, 0.3) is 16.6 Å². The summed E-state index contributed by atoms with van der Waals surface area (Å²) in [4.78, 5) is 14.7. The highest BCUT2D eigenvalue weighted by atomic mass is 16.5. The first kappa shape index (κ1) is 9.89. The van der Waals surface area contributed by atoms with Gasteiger partial charge in [0.1, 0.15) is 16.9 Å². The van der Waals surface area contributed by atoms with Crippen LogP contribution in [0.3, 0.4) is 0 Å². The number of methoxy groups -OCH3 is 1. The molecule has 86 valence electrons. The first-order valence-corrected chi connectivity index (χ1v) is 5.26. The average molecular weight is 229 g/mol. The largest absolute Gasteiger partial charge is 0.494 e. The van der Waals surface area contributed by atoms with Crippen LogP contribution in [0.4, 0.5) is 0 Å². The molecule has 2 heterocycles. The van der Waals surface area contributed by atoms with Gasteiger partial charge in [0.25, 0.3) is 5.56 Å². The molecule has 0 unspecified atom stereocenters. The molecule has 0 bridgehead atoms. The van der Waals surface area contributed by atoms with Crippen LogP contribution in [-0.4, -0.2) is 21.7 Å². The van der Waals surface area contributed by atoms with Gasteiger partial charge in [0, 0.05) is 6.07 Å². The van der Waals surface area contributed by atoms with Crippen LogP contribution >= 0.6 is 0 Å². The third-order valence-electron chi connectivity index (χ3n) is 2.75. The lowest BCUT2D eigenvalue weighted by Gasteiger charge is -2.06. The first-order valence-electron chi connectivity index (χ1n) is 5.26. The number of H-pyrrole nitrogens is 1. The molecule has 0 spiro atoms.